The Morgan fingerprint density at radius 2 is 1.53 bits per heavy atom. The molecule has 0 bridgehead atoms. The molecule has 0 heterocycles. The van der Waals surface area contributed by atoms with Crippen LogP contribution in [0.1, 0.15) is 74.7 Å². The quantitative estimate of drug-likeness (QED) is 0.695. The van der Waals surface area contributed by atoms with Crippen LogP contribution in [0.2, 0.25) is 0 Å². The minimum Gasteiger partial charge on any atom is -0.373 e. The number of nitrogens with one attached hydrogen (secondary N) is 1. The van der Waals surface area contributed by atoms with Gasteiger partial charge in [0.25, 0.3) is 0 Å². The summed E-state index contributed by atoms with van der Waals surface area (Å²) < 4.78 is 6.40. The molecule has 0 aliphatic carbocycles. The standard InChI is InChI=1S/C17H37NO/c1-10-13(3)12-17(8,18-9)15(11-2)19-14(4)16(5,6)7/h13-15,18H,10-12H2,1-9H3. The van der Waals surface area contributed by atoms with E-state index in [0.29, 0.717) is 0 Å². The Morgan fingerprint density at radius 3 is 1.84 bits per heavy atom. The molecule has 4 unspecified atom stereocenters. The van der Waals surface area contributed by atoms with Crippen molar-refractivity contribution in [1.82, 2.24) is 5.32 Å². The molecule has 0 rings (SSSR count). The maximum Gasteiger partial charge on any atom is 0.0755 e. The molecule has 0 aromatic rings. The molecular formula is C17H37NO. The summed E-state index contributed by atoms with van der Waals surface area (Å²) in [5, 5.41) is 3.53. The van der Waals surface area contributed by atoms with Crippen molar-refractivity contribution < 1.29 is 4.74 Å². The monoisotopic (exact) mass is 271 g/mol. The van der Waals surface area contributed by atoms with Crippen LogP contribution in [-0.4, -0.2) is 24.8 Å². The molecule has 19 heavy (non-hydrogen) atoms. The summed E-state index contributed by atoms with van der Waals surface area (Å²) in [7, 11) is 2.07. The van der Waals surface area contributed by atoms with Crippen LogP contribution >= 0.6 is 0 Å². The number of ether oxygens (including phenoxy) is 1. The lowest BCUT2D eigenvalue weighted by Crippen LogP contribution is -2.54. The third-order valence-electron chi connectivity index (χ3n) is 4.71. The van der Waals surface area contributed by atoms with Crippen molar-refractivity contribution >= 4 is 0 Å². The van der Waals surface area contributed by atoms with Gasteiger partial charge in [-0.2, -0.15) is 0 Å². The number of hydrogen-bond donors (Lipinski definition) is 1. The van der Waals surface area contributed by atoms with Crippen LogP contribution < -0.4 is 5.32 Å². The molecular weight excluding hydrogens is 234 g/mol. The van der Waals surface area contributed by atoms with Crippen LogP contribution in [0.3, 0.4) is 0 Å². The molecule has 0 radical (unpaired) electrons. The maximum atomic E-state index is 6.40. The lowest BCUT2D eigenvalue weighted by atomic mass is 9.82. The number of hydrogen-bond acceptors (Lipinski definition) is 2. The number of rotatable bonds is 8. The summed E-state index contributed by atoms with van der Waals surface area (Å²) in [4.78, 5) is 0. The van der Waals surface area contributed by atoms with E-state index in [0.717, 1.165) is 18.8 Å². The first-order chi connectivity index (χ1) is 8.60. The predicted molar refractivity (Wildman–Crippen MR) is 85.6 cm³/mol. The van der Waals surface area contributed by atoms with Crippen molar-refractivity contribution in [3.63, 3.8) is 0 Å². The summed E-state index contributed by atoms with van der Waals surface area (Å²) >= 11 is 0. The second-order valence-electron chi connectivity index (χ2n) is 7.43. The Kier molecular flexibility index (Phi) is 7.60. The van der Waals surface area contributed by atoms with E-state index in [2.05, 4.69) is 67.8 Å². The van der Waals surface area contributed by atoms with Gasteiger partial charge in [0.1, 0.15) is 0 Å². The highest BCUT2D eigenvalue weighted by Gasteiger charge is 2.36. The molecule has 0 aliphatic rings. The van der Waals surface area contributed by atoms with Gasteiger partial charge in [-0.1, -0.05) is 48.0 Å². The van der Waals surface area contributed by atoms with E-state index >= 15 is 0 Å². The van der Waals surface area contributed by atoms with Gasteiger partial charge >= 0.3 is 0 Å². The highest BCUT2D eigenvalue weighted by atomic mass is 16.5. The molecule has 0 saturated carbocycles. The fourth-order valence-electron chi connectivity index (χ4n) is 2.41. The van der Waals surface area contributed by atoms with Crippen molar-refractivity contribution in [2.24, 2.45) is 11.3 Å². The maximum absolute atomic E-state index is 6.40. The molecule has 0 saturated heterocycles. The van der Waals surface area contributed by atoms with E-state index < -0.39 is 0 Å². The molecule has 4 atom stereocenters. The van der Waals surface area contributed by atoms with Gasteiger partial charge in [0.15, 0.2) is 0 Å². The Labute approximate surface area is 121 Å². The van der Waals surface area contributed by atoms with E-state index in [9.17, 15) is 0 Å². The largest absolute Gasteiger partial charge is 0.373 e. The van der Waals surface area contributed by atoms with Gasteiger partial charge in [0.05, 0.1) is 12.2 Å². The fraction of sp³-hybridized carbons (Fsp3) is 1.00. The summed E-state index contributed by atoms with van der Waals surface area (Å²) in [6.45, 7) is 18.1. The zero-order chi connectivity index (χ0) is 15.3. The van der Waals surface area contributed by atoms with Crippen LogP contribution in [0.4, 0.5) is 0 Å². The second-order valence-corrected chi connectivity index (χ2v) is 7.43. The van der Waals surface area contributed by atoms with Gasteiger partial charge in [0, 0.05) is 5.54 Å². The highest BCUT2D eigenvalue weighted by molar-refractivity contribution is 4.92. The summed E-state index contributed by atoms with van der Waals surface area (Å²) in [6.07, 6.45) is 3.97. The summed E-state index contributed by atoms with van der Waals surface area (Å²) in [5.41, 5.74) is 0.252. The zero-order valence-corrected chi connectivity index (χ0v) is 14.8. The predicted octanol–water partition coefficient (Wildman–Crippen LogP) is 4.63. The highest BCUT2D eigenvalue weighted by Crippen LogP contribution is 2.30. The van der Waals surface area contributed by atoms with E-state index in [1.165, 1.54) is 6.42 Å². The zero-order valence-electron chi connectivity index (χ0n) is 14.8. The SMILES string of the molecule is CCC(C)CC(C)(NC)C(CC)OC(C)C(C)(C)C. The Balaban J connectivity index is 4.87. The Hall–Kier alpha value is -0.0800. The molecule has 116 valence electrons. The van der Waals surface area contributed by atoms with E-state index in [4.69, 9.17) is 4.74 Å². The van der Waals surface area contributed by atoms with Crippen molar-refractivity contribution in [3.8, 4) is 0 Å². The summed E-state index contributed by atoms with van der Waals surface area (Å²) in [5.74, 6) is 0.722. The first kappa shape index (κ1) is 18.9. The van der Waals surface area contributed by atoms with Gasteiger partial charge in [-0.3, -0.25) is 0 Å². The molecule has 0 aromatic heterocycles. The van der Waals surface area contributed by atoms with Crippen LogP contribution in [0.15, 0.2) is 0 Å². The Morgan fingerprint density at radius 1 is 1.00 bits per heavy atom. The second kappa shape index (κ2) is 7.64. The average molecular weight is 271 g/mol. The van der Waals surface area contributed by atoms with Gasteiger partial charge in [-0.25, -0.2) is 0 Å². The summed E-state index contributed by atoms with van der Waals surface area (Å²) in [6, 6.07) is 0. The van der Waals surface area contributed by atoms with Crippen LogP contribution in [-0.2, 0) is 4.74 Å². The van der Waals surface area contributed by atoms with Crippen molar-refractivity contribution in [3.05, 3.63) is 0 Å². The van der Waals surface area contributed by atoms with Gasteiger partial charge in [-0.05, 0) is 45.1 Å². The first-order valence-electron chi connectivity index (χ1n) is 7.95. The third-order valence-corrected chi connectivity index (χ3v) is 4.71. The van der Waals surface area contributed by atoms with Crippen LogP contribution in [0.25, 0.3) is 0 Å². The first-order valence-corrected chi connectivity index (χ1v) is 7.95. The van der Waals surface area contributed by atoms with Crippen LogP contribution in [0.5, 0.6) is 0 Å². The van der Waals surface area contributed by atoms with Crippen molar-refractivity contribution in [2.75, 3.05) is 7.05 Å². The molecule has 0 aromatic carbocycles. The minimum absolute atomic E-state index is 0.0592. The molecule has 0 spiro atoms. The van der Waals surface area contributed by atoms with Gasteiger partial charge < -0.3 is 10.1 Å². The topological polar surface area (TPSA) is 21.3 Å². The third kappa shape index (κ3) is 5.83. The minimum atomic E-state index is 0.0592. The smallest absolute Gasteiger partial charge is 0.0755 e. The molecule has 1 N–H and O–H groups in total. The van der Waals surface area contributed by atoms with Gasteiger partial charge in [0.2, 0.25) is 0 Å². The molecule has 2 nitrogen and oxygen atoms in total. The van der Waals surface area contributed by atoms with E-state index in [1.54, 1.807) is 0 Å². The fourth-order valence-corrected chi connectivity index (χ4v) is 2.41. The number of likely N-dealkylation sites (N-methyl/N-ethyl adjacent to an activating group) is 1. The van der Waals surface area contributed by atoms with Crippen LogP contribution in [0, 0.1) is 11.3 Å². The van der Waals surface area contributed by atoms with Gasteiger partial charge in [-0.15, -0.1) is 0 Å². The Bertz CT molecular complexity index is 246. The average Bonchev–Trinajstić information content (AvgIpc) is 2.33. The van der Waals surface area contributed by atoms with Crippen molar-refractivity contribution in [1.29, 1.82) is 0 Å². The normalized spacial score (nSPS) is 20.7. The van der Waals surface area contributed by atoms with E-state index in [-0.39, 0.29) is 23.2 Å². The van der Waals surface area contributed by atoms with Crippen molar-refractivity contribution in [2.45, 2.75) is 92.4 Å². The molecule has 0 fully saturated rings. The molecule has 2 heteroatoms. The molecule has 0 aliphatic heterocycles. The van der Waals surface area contributed by atoms with E-state index in [1.807, 2.05) is 0 Å². The molecule has 0 amide bonds. The lowest BCUT2D eigenvalue weighted by molar-refractivity contribution is -0.0949. The lowest BCUT2D eigenvalue weighted by Gasteiger charge is -2.42.